The maximum atomic E-state index is 5.96. The van der Waals surface area contributed by atoms with Gasteiger partial charge in [-0.1, -0.05) is 106 Å². The predicted molar refractivity (Wildman–Crippen MR) is 110 cm³/mol. The van der Waals surface area contributed by atoms with E-state index in [4.69, 9.17) is 69.6 Å². The van der Waals surface area contributed by atoms with E-state index in [1.54, 1.807) is 0 Å². The van der Waals surface area contributed by atoms with Gasteiger partial charge in [-0.3, -0.25) is 0 Å². The van der Waals surface area contributed by atoms with Crippen LogP contribution in [0.1, 0.15) is 22.8 Å². The fourth-order valence-electron chi connectivity index (χ4n) is 2.87. The van der Waals surface area contributed by atoms with Crippen molar-refractivity contribution in [3.05, 3.63) is 53.1 Å². The molecular formula is C17H7Cl6N3. The van der Waals surface area contributed by atoms with Gasteiger partial charge in [0.1, 0.15) is 0 Å². The predicted octanol–water partition coefficient (Wildman–Crippen LogP) is 6.83. The topological polar surface area (TPSA) is 38.7 Å². The summed E-state index contributed by atoms with van der Waals surface area (Å²) in [5.74, 6) is 0.0312. The molecule has 26 heavy (non-hydrogen) atoms. The Hall–Kier alpha value is -0.810. The molecule has 0 aliphatic heterocycles. The Morgan fingerprint density at radius 1 is 0.654 bits per heavy atom. The average Bonchev–Trinajstić information content (AvgIpc) is 2.98. The van der Waals surface area contributed by atoms with Crippen molar-refractivity contribution >= 4 is 92.5 Å². The molecule has 1 aliphatic rings. The molecule has 0 saturated heterocycles. The molecule has 0 radical (unpaired) electrons. The highest BCUT2D eigenvalue weighted by Crippen LogP contribution is 2.42. The van der Waals surface area contributed by atoms with Crippen LogP contribution in [0.3, 0.4) is 0 Å². The minimum Gasteiger partial charge on any atom is -0.209 e. The minimum absolute atomic E-state index is 0.116. The SMILES string of the molecule is ClC(Cl)(Cl)c1nc(-c2ccc3c4c(cccc24)C=C3)nc(C(Cl)(Cl)Cl)n1. The van der Waals surface area contributed by atoms with Crippen LogP contribution < -0.4 is 0 Å². The normalized spacial score (nSPS) is 13.6. The van der Waals surface area contributed by atoms with Crippen LogP contribution in [-0.4, -0.2) is 15.0 Å². The van der Waals surface area contributed by atoms with Crippen molar-refractivity contribution in [2.45, 2.75) is 7.59 Å². The quantitative estimate of drug-likeness (QED) is 0.289. The lowest BCUT2D eigenvalue weighted by molar-refractivity contribution is 0.852. The summed E-state index contributed by atoms with van der Waals surface area (Å²) in [6.45, 7) is 0. The summed E-state index contributed by atoms with van der Waals surface area (Å²) in [4.78, 5) is 12.6. The lowest BCUT2D eigenvalue weighted by Crippen LogP contribution is -2.16. The van der Waals surface area contributed by atoms with Gasteiger partial charge in [-0.25, -0.2) is 15.0 Å². The van der Waals surface area contributed by atoms with Gasteiger partial charge in [0, 0.05) is 5.56 Å². The van der Waals surface area contributed by atoms with Gasteiger partial charge < -0.3 is 0 Å². The first-order valence-corrected chi connectivity index (χ1v) is 9.56. The summed E-state index contributed by atoms with van der Waals surface area (Å²) in [5.41, 5.74) is 2.94. The fourth-order valence-corrected chi connectivity index (χ4v) is 3.37. The molecule has 2 aromatic carbocycles. The molecule has 9 heteroatoms. The first-order chi connectivity index (χ1) is 12.1. The monoisotopic (exact) mass is 463 g/mol. The molecule has 0 N–H and O–H groups in total. The standard InChI is InChI=1S/C17H7Cl6N3/c18-16(19,20)14-24-13(25-15(26-14)17(21,22)23)11-7-6-9-5-4-8-2-1-3-10(11)12(8)9/h1-7H. The third-order valence-electron chi connectivity index (χ3n) is 3.93. The minimum atomic E-state index is -1.89. The van der Waals surface area contributed by atoms with E-state index in [1.165, 1.54) is 0 Å². The highest BCUT2D eigenvalue weighted by atomic mass is 35.6. The molecule has 4 rings (SSSR count). The molecule has 1 aliphatic carbocycles. The van der Waals surface area contributed by atoms with Crippen LogP contribution in [0.15, 0.2) is 30.3 Å². The molecule has 1 aromatic heterocycles. The number of aromatic nitrogens is 3. The highest BCUT2D eigenvalue weighted by molar-refractivity contribution is 6.67. The van der Waals surface area contributed by atoms with Gasteiger partial charge in [0.25, 0.3) is 0 Å². The van der Waals surface area contributed by atoms with Gasteiger partial charge in [-0.05, 0) is 28.0 Å². The van der Waals surface area contributed by atoms with E-state index in [-0.39, 0.29) is 17.5 Å². The molecule has 0 spiro atoms. The molecule has 0 bridgehead atoms. The van der Waals surface area contributed by atoms with Crippen LogP contribution >= 0.6 is 69.6 Å². The highest BCUT2D eigenvalue weighted by Gasteiger charge is 2.34. The van der Waals surface area contributed by atoms with E-state index >= 15 is 0 Å². The number of benzene rings is 2. The number of nitrogens with zero attached hydrogens (tertiary/aromatic N) is 3. The molecule has 0 saturated carbocycles. The third kappa shape index (κ3) is 3.26. The molecule has 0 atom stereocenters. The van der Waals surface area contributed by atoms with Crippen LogP contribution in [-0.2, 0) is 7.59 Å². The van der Waals surface area contributed by atoms with Crippen LogP contribution in [0.5, 0.6) is 0 Å². The zero-order chi connectivity index (χ0) is 18.7. The summed E-state index contributed by atoms with van der Waals surface area (Å²) in [6.07, 6.45) is 4.10. The van der Waals surface area contributed by atoms with Crippen LogP contribution in [0.2, 0.25) is 0 Å². The largest absolute Gasteiger partial charge is 0.250 e. The van der Waals surface area contributed by atoms with Crippen molar-refractivity contribution in [3.63, 3.8) is 0 Å². The Kier molecular flexibility index (Phi) is 4.54. The van der Waals surface area contributed by atoms with Gasteiger partial charge in [-0.2, -0.15) is 0 Å². The zero-order valence-corrected chi connectivity index (χ0v) is 17.2. The number of halogens is 6. The molecular weight excluding hydrogens is 459 g/mol. The molecule has 132 valence electrons. The second kappa shape index (κ2) is 6.37. The smallest absolute Gasteiger partial charge is 0.209 e. The lowest BCUT2D eigenvalue weighted by atomic mass is 9.99. The van der Waals surface area contributed by atoms with Gasteiger partial charge in [0.05, 0.1) is 0 Å². The molecule has 3 nitrogen and oxygen atoms in total. The molecule has 0 unspecified atom stereocenters. The zero-order valence-electron chi connectivity index (χ0n) is 12.7. The summed E-state index contributed by atoms with van der Waals surface area (Å²) < 4.78 is -3.78. The first-order valence-electron chi connectivity index (χ1n) is 7.29. The Morgan fingerprint density at radius 3 is 1.81 bits per heavy atom. The molecule has 1 heterocycles. The van der Waals surface area contributed by atoms with Crippen molar-refractivity contribution in [1.29, 1.82) is 0 Å². The van der Waals surface area contributed by atoms with Crippen LogP contribution in [0.4, 0.5) is 0 Å². The van der Waals surface area contributed by atoms with Crippen molar-refractivity contribution < 1.29 is 0 Å². The second-order valence-electron chi connectivity index (χ2n) is 5.61. The van der Waals surface area contributed by atoms with Crippen molar-refractivity contribution in [1.82, 2.24) is 15.0 Å². The van der Waals surface area contributed by atoms with Gasteiger partial charge in [0.15, 0.2) is 17.5 Å². The van der Waals surface area contributed by atoms with Crippen molar-refractivity contribution in [3.8, 4) is 11.4 Å². The van der Waals surface area contributed by atoms with E-state index in [2.05, 4.69) is 15.0 Å². The lowest BCUT2D eigenvalue weighted by Gasteiger charge is -2.16. The maximum Gasteiger partial charge on any atom is 0.250 e. The van der Waals surface area contributed by atoms with E-state index in [0.717, 1.165) is 27.5 Å². The molecule has 0 amide bonds. The van der Waals surface area contributed by atoms with E-state index < -0.39 is 7.59 Å². The van der Waals surface area contributed by atoms with E-state index in [9.17, 15) is 0 Å². The Bertz CT molecular complexity index is 1020. The van der Waals surface area contributed by atoms with Crippen molar-refractivity contribution in [2.24, 2.45) is 0 Å². The first kappa shape index (κ1) is 18.5. The van der Waals surface area contributed by atoms with Gasteiger partial charge in [0.2, 0.25) is 7.59 Å². The average molecular weight is 466 g/mol. The Morgan fingerprint density at radius 2 is 1.23 bits per heavy atom. The second-order valence-corrected chi connectivity index (χ2v) is 10.2. The Balaban J connectivity index is 2.02. The number of rotatable bonds is 1. The Labute approximate surface area is 178 Å². The molecule has 0 fully saturated rings. The summed E-state index contributed by atoms with van der Waals surface area (Å²) >= 11 is 35.7. The third-order valence-corrected chi connectivity index (χ3v) is 4.95. The summed E-state index contributed by atoms with van der Waals surface area (Å²) in [6, 6.07) is 9.81. The number of alkyl halides is 6. The van der Waals surface area contributed by atoms with E-state index in [0.29, 0.717) is 0 Å². The van der Waals surface area contributed by atoms with Crippen LogP contribution in [0.25, 0.3) is 34.3 Å². The number of hydrogen-bond acceptors (Lipinski definition) is 3. The number of hydrogen-bond donors (Lipinski definition) is 0. The van der Waals surface area contributed by atoms with Gasteiger partial charge in [-0.15, -0.1) is 0 Å². The fraction of sp³-hybridized carbons (Fsp3) is 0.118. The maximum absolute atomic E-state index is 5.96. The summed E-state index contributed by atoms with van der Waals surface area (Å²) in [7, 11) is 0. The van der Waals surface area contributed by atoms with E-state index in [1.807, 2.05) is 42.5 Å². The summed E-state index contributed by atoms with van der Waals surface area (Å²) in [5, 5.41) is 2.04. The molecule has 3 aromatic rings. The van der Waals surface area contributed by atoms with Gasteiger partial charge >= 0.3 is 0 Å². The van der Waals surface area contributed by atoms with Crippen LogP contribution in [0, 0.1) is 0 Å². The van der Waals surface area contributed by atoms with Crippen molar-refractivity contribution in [2.75, 3.05) is 0 Å².